The summed E-state index contributed by atoms with van der Waals surface area (Å²) < 4.78 is 41.1. The first-order valence-corrected chi connectivity index (χ1v) is 10.0. The van der Waals surface area contributed by atoms with Crippen molar-refractivity contribution in [2.75, 3.05) is 26.2 Å². The van der Waals surface area contributed by atoms with E-state index in [1.54, 1.807) is 4.90 Å². The lowest BCUT2D eigenvalue weighted by atomic mass is 9.84. The summed E-state index contributed by atoms with van der Waals surface area (Å²) in [7, 11) is 0. The van der Waals surface area contributed by atoms with E-state index < -0.39 is 23.6 Å². The Morgan fingerprint density at radius 1 is 1.07 bits per heavy atom. The van der Waals surface area contributed by atoms with Crippen LogP contribution >= 0.6 is 0 Å². The standard InChI is InChI=1S/C20H26F3N5O2/c21-20(22,23)16-11-14(17(29)27-19(24)25)1-2-15(16)12-5-9-28(10-6-12)18(30)13-3-7-26-8-4-13/h1-2,11-13,26H,3-10H2,(H4,24,25,27,29). The number of piperidine rings is 2. The molecule has 0 saturated carbocycles. The Morgan fingerprint density at radius 2 is 1.70 bits per heavy atom. The van der Waals surface area contributed by atoms with Crippen LogP contribution in [0.1, 0.15) is 53.1 Å². The fourth-order valence-corrected chi connectivity index (χ4v) is 4.21. The number of nitrogens with one attached hydrogen (secondary N) is 1. The van der Waals surface area contributed by atoms with Crippen LogP contribution in [0.4, 0.5) is 13.2 Å². The van der Waals surface area contributed by atoms with Crippen LogP contribution in [0, 0.1) is 5.92 Å². The molecule has 3 rings (SSSR count). The van der Waals surface area contributed by atoms with Crippen LogP contribution in [0.2, 0.25) is 0 Å². The zero-order valence-corrected chi connectivity index (χ0v) is 16.5. The average molecular weight is 425 g/mol. The molecule has 2 saturated heterocycles. The van der Waals surface area contributed by atoms with E-state index in [0.29, 0.717) is 25.9 Å². The molecule has 1 aromatic rings. The second-order valence-corrected chi connectivity index (χ2v) is 7.77. The van der Waals surface area contributed by atoms with Crippen molar-refractivity contribution in [3.05, 3.63) is 34.9 Å². The average Bonchev–Trinajstić information content (AvgIpc) is 2.72. The number of carbonyl (C=O) groups excluding carboxylic acids is 2. The van der Waals surface area contributed by atoms with Gasteiger partial charge in [0, 0.05) is 24.6 Å². The molecular formula is C20H26F3N5O2. The van der Waals surface area contributed by atoms with E-state index >= 15 is 0 Å². The Hall–Kier alpha value is -2.62. The van der Waals surface area contributed by atoms with Crippen molar-refractivity contribution >= 4 is 17.8 Å². The fourth-order valence-electron chi connectivity index (χ4n) is 4.21. The lowest BCUT2D eigenvalue weighted by Crippen LogP contribution is -2.44. The molecule has 0 aromatic heterocycles. The van der Waals surface area contributed by atoms with Gasteiger partial charge >= 0.3 is 6.18 Å². The molecule has 1 aromatic carbocycles. The third-order valence-corrected chi connectivity index (χ3v) is 5.77. The van der Waals surface area contributed by atoms with Crippen LogP contribution in [0.3, 0.4) is 0 Å². The van der Waals surface area contributed by atoms with Gasteiger partial charge in [-0.15, -0.1) is 0 Å². The van der Waals surface area contributed by atoms with E-state index in [0.717, 1.165) is 32.0 Å². The Kier molecular flexibility index (Phi) is 6.64. The monoisotopic (exact) mass is 425 g/mol. The van der Waals surface area contributed by atoms with Gasteiger partial charge in [0.15, 0.2) is 5.96 Å². The summed E-state index contributed by atoms with van der Waals surface area (Å²) in [5.41, 5.74) is 9.34. The molecule has 2 heterocycles. The maximum Gasteiger partial charge on any atom is 0.416 e. The lowest BCUT2D eigenvalue weighted by Gasteiger charge is -2.36. The van der Waals surface area contributed by atoms with Gasteiger partial charge < -0.3 is 21.7 Å². The number of nitrogens with zero attached hydrogens (tertiary/aromatic N) is 2. The minimum Gasteiger partial charge on any atom is -0.370 e. The molecule has 0 unspecified atom stereocenters. The third-order valence-electron chi connectivity index (χ3n) is 5.77. The summed E-state index contributed by atoms with van der Waals surface area (Å²) in [6.07, 6.45) is -2.14. The SMILES string of the molecule is NC(N)=NC(=O)c1ccc(C2CCN(C(=O)C3CCNCC3)CC2)c(C(F)(F)F)c1. The largest absolute Gasteiger partial charge is 0.416 e. The number of halogens is 3. The van der Waals surface area contributed by atoms with Gasteiger partial charge in [-0.2, -0.15) is 18.2 Å². The van der Waals surface area contributed by atoms with E-state index in [2.05, 4.69) is 10.3 Å². The first-order chi connectivity index (χ1) is 14.2. The first kappa shape index (κ1) is 22.1. The van der Waals surface area contributed by atoms with Crippen molar-refractivity contribution in [3.63, 3.8) is 0 Å². The van der Waals surface area contributed by atoms with Gasteiger partial charge in [-0.3, -0.25) is 9.59 Å². The van der Waals surface area contributed by atoms with Crippen molar-refractivity contribution < 1.29 is 22.8 Å². The van der Waals surface area contributed by atoms with Gasteiger partial charge in [-0.25, -0.2) is 0 Å². The Morgan fingerprint density at radius 3 is 2.27 bits per heavy atom. The summed E-state index contributed by atoms with van der Waals surface area (Å²) in [6.45, 7) is 2.48. The predicted molar refractivity (Wildman–Crippen MR) is 106 cm³/mol. The lowest BCUT2D eigenvalue weighted by molar-refractivity contribution is -0.140. The van der Waals surface area contributed by atoms with Crippen LogP contribution in [-0.4, -0.2) is 48.9 Å². The van der Waals surface area contributed by atoms with E-state index in [1.165, 1.54) is 12.1 Å². The summed E-state index contributed by atoms with van der Waals surface area (Å²) >= 11 is 0. The Balaban J connectivity index is 1.75. The minimum atomic E-state index is -4.62. The summed E-state index contributed by atoms with van der Waals surface area (Å²) in [5.74, 6) is -1.68. The number of hydrogen-bond donors (Lipinski definition) is 3. The maximum atomic E-state index is 13.7. The van der Waals surface area contributed by atoms with Crippen LogP contribution in [0.25, 0.3) is 0 Å². The highest BCUT2D eigenvalue weighted by Gasteiger charge is 2.37. The second-order valence-electron chi connectivity index (χ2n) is 7.77. The van der Waals surface area contributed by atoms with Crippen molar-refractivity contribution in [2.24, 2.45) is 22.4 Å². The van der Waals surface area contributed by atoms with Gasteiger partial charge in [0.1, 0.15) is 0 Å². The number of alkyl halides is 3. The second kappa shape index (κ2) is 9.03. The molecule has 0 atom stereocenters. The molecule has 0 spiro atoms. The number of aliphatic imine (C=N–C) groups is 1. The van der Waals surface area contributed by atoms with Crippen molar-refractivity contribution in [2.45, 2.75) is 37.8 Å². The van der Waals surface area contributed by atoms with Gasteiger partial charge in [0.05, 0.1) is 5.56 Å². The van der Waals surface area contributed by atoms with Crippen LogP contribution in [0.5, 0.6) is 0 Å². The highest BCUT2D eigenvalue weighted by Crippen LogP contribution is 2.39. The number of carbonyl (C=O) groups is 2. The van der Waals surface area contributed by atoms with E-state index in [1.807, 2.05) is 0 Å². The van der Waals surface area contributed by atoms with E-state index in [-0.39, 0.29) is 28.9 Å². The van der Waals surface area contributed by atoms with Gasteiger partial charge in [0.25, 0.3) is 5.91 Å². The quantitative estimate of drug-likeness (QED) is 0.505. The molecule has 0 bridgehead atoms. The molecule has 164 valence electrons. The van der Waals surface area contributed by atoms with Crippen molar-refractivity contribution in [3.8, 4) is 0 Å². The Labute approximate surface area is 172 Å². The third kappa shape index (κ3) is 5.10. The molecule has 30 heavy (non-hydrogen) atoms. The predicted octanol–water partition coefficient (Wildman–Crippen LogP) is 1.82. The highest BCUT2D eigenvalue weighted by atomic mass is 19.4. The smallest absolute Gasteiger partial charge is 0.370 e. The molecule has 7 nitrogen and oxygen atoms in total. The number of rotatable bonds is 3. The van der Waals surface area contributed by atoms with Crippen LogP contribution in [-0.2, 0) is 11.0 Å². The molecule has 10 heteroatoms. The van der Waals surface area contributed by atoms with E-state index in [9.17, 15) is 22.8 Å². The normalized spacial score (nSPS) is 18.8. The molecular weight excluding hydrogens is 399 g/mol. The zero-order valence-electron chi connectivity index (χ0n) is 16.5. The molecule has 0 radical (unpaired) electrons. The summed E-state index contributed by atoms with van der Waals surface area (Å²) in [4.78, 5) is 29.7. The number of guanidine groups is 1. The fraction of sp³-hybridized carbons (Fsp3) is 0.550. The number of benzene rings is 1. The number of amides is 2. The highest BCUT2D eigenvalue weighted by molar-refractivity contribution is 6.02. The van der Waals surface area contributed by atoms with Crippen molar-refractivity contribution in [1.82, 2.24) is 10.2 Å². The van der Waals surface area contributed by atoms with Crippen LogP contribution in [0.15, 0.2) is 23.2 Å². The van der Waals surface area contributed by atoms with Gasteiger partial charge in [-0.1, -0.05) is 6.07 Å². The summed E-state index contributed by atoms with van der Waals surface area (Å²) in [5, 5.41) is 3.22. The van der Waals surface area contributed by atoms with Crippen LogP contribution < -0.4 is 16.8 Å². The topological polar surface area (TPSA) is 114 Å². The number of likely N-dealkylation sites (tertiary alicyclic amines) is 1. The first-order valence-electron chi connectivity index (χ1n) is 10.0. The minimum absolute atomic E-state index is 0.00521. The van der Waals surface area contributed by atoms with Gasteiger partial charge in [0.2, 0.25) is 5.91 Å². The number of hydrogen-bond acceptors (Lipinski definition) is 3. The number of nitrogens with two attached hydrogens (primary N) is 2. The molecule has 2 amide bonds. The van der Waals surface area contributed by atoms with E-state index in [4.69, 9.17) is 11.5 Å². The molecule has 2 fully saturated rings. The summed E-state index contributed by atoms with van der Waals surface area (Å²) in [6, 6.07) is 3.44. The molecule has 2 aliphatic heterocycles. The van der Waals surface area contributed by atoms with Gasteiger partial charge in [-0.05, 0) is 62.4 Å². The molecule has 2 aliphatic rings. The maximum absolute atomic E-state index is 13.7. The Bertz CT molecular complexity index is 822. The van der Waals surface area contributed by atoms with Crippen molar-refractivity contribution in [1.29, 1.82) is 0 Å². The molecule has 5 N–H and O–H groups in total. The molecule has 0 aliphatic carbocycles. The zero-order chi connectivity index (χ0) is 21.9.